The summed E-state index contributed by atoms with van der Waals surface area (Å²) in [5, 5.41) is 6.85. The number of fused-ring (bicyclic) bond motifs is 1. The number of carbonyl (C=O) groups is 2. The van der Waals surface area contributed by atoms with Gasteiger partial charge < -0.3 is 5.32 Å². The normalized spacial score (nSPS) is 14.9. The lowest BCUT2D eigenvalue weighted by Gasteiger charge is -2.32. The van der Waals surface area contributed by atoms with Crippen LogP contribution >= 0.6 is 11.6 Å². The molecule has 0 saturated heterocycles. The smallest absolute Gasteiger partial charge is 0.259 e. The fraction of sp³-hybridized carbons (Fsp3) is 0.194. The van der Waals surface area contributed by atoms with E-state index in [1.807, 2.05) is 41.3 Å². The molecule has 192 valence electrons. The minimum absolute atomic E-state index is 0.0846. The number of pyridine rings is 1. The van der Waals surface area contributed by atoms with Crippen molar-refractivity contribution >= 4 is 34.8 Å². The van der Waals surface area contributed by atoms with Crippen LogP contribution in [0.3, 0.4) is 0 Å². The van der Waals surface area contributed by atoms with Gasteiger partial charge in [0.25, 0.3) is 11.8 Å². The van der Waals surface area contributed by atoms with Crippen LogP contribution in [-0.4, -0.2) is 29.5 Å². The van der Waals surface area contributed by atoms with E-state index in [-0.39, 0.29) is 18.0 Å². The number of amides is 2. The molecule has 1 aliphatic rings. The van der Waals surface area contributed by atoms with Crippen LogP contribution in [0.5, 0.6) is 0 Å². The minimum Gasteiger partial charge on any atom is -0.322 e. The quantitative estimate of drug-likeness (QED) is 0.305. The summed E-state index contributed by atoms with van der Waals surface area (Å²) in [5.41, 5.74) is 4.65. The predicted octanol–water partition coefficient (Wildman–Crippen LogP) is 6.13. The minimum atomic E-state index is -0.298. The molecule has 1 aromatic heterocycles. The summed E-state index contributed by atoms with van der Waals surface area (Å²) in [6.07, 6.45) is 5.18. The number of aryl methyl sites for hydroxylation is 1. The largest absolute Gasteiger partial charge is 0.322 e. The Kier molecular flexibility index (Phi) is 8.12. The van der Waals surface area contributed by atoms with E-state index in [1.165, 1.54) is 5.56 Å². The van der Waals surface area contributed by atoms with Gasteiger partial charge in [0.2, 0.25) is 0 Å². The van der Waals surface area contributed by atoms with Crippen molar-refractivity contribution in [2.24, 2.45) is 0 Å². The molecule has 5 rings (SSSR count). The molecule has 1 unspecified atom stereocenters. The second kappa shape index (κ2) is 12.0. The van der Waals surface area contributed by atoms with E-state index in [9.17, 15) is 9.59 Å². The molecule has 0 aliphatic carbocycles. The number of aromatic nitrogens is 1. The first-order valence-electron chi connectivity index (χ1n) is 12.8. The molecular weight excluding hydrogens is 496 g/mol. The summed E-state index contributed by atoms with van der Waals surface area (Å²) in [4.78, 5) is 32.9. The Morgan fingerprint density at radius 3 is 2.47 bits per heavy atom. The molecule has 0 bridgehead atoms. The lowest BCUT2D eigenvalue weighted by Crippen LogP contribution is -2.49. The van der Waals surface area contributed by atoms with E-state index >= 15 is 0 Å². The number of benzene rings is 3. The van der Waals surface area contributed by atoms with Gasteiger partial charge >= 0.3 is 0 Å². The van der Waals surface area contributed by atoms with Gasteiger partial charge in [0.1, 0.15) is 0 Å². The molecule has 0 saturated carbocycles. The number of para-hydroxylation sites is 1. The van der Waals surface area contributed by atoms with Crippen LogP contribution in [0, 0.1) is 0 Å². The standard InChI is InChI=1S/C31H29ClN4O2/c32-27-12-3-2-11-26(27)30(37)35-25-17-15-23(16-18-25)31(38)36-28-13-4-1-8-22(28)9-7-14-29(36)34-21-19-24-10-5-6-20-33-24/h1-6,8,10-13,15-18,20,29,34H,7,9,14,19,21H2,(H,35,37). The summed E-state index contributed by atoms with van der Waals surface area (Å²) in [7, 11) is 0. The lowest BCUT2D eigenvalue weighted by atomic mass is 10.1. The van der Waals surface area contributed by atoms with Crippen molar-refractivity contribution in [1.29, 1.82) is 0 Å². The first kappa shape index (κ1) is 25.6. The van der Waals surface area contributed by atoms with Crippen LogP contribution in [0.15, 0.2) is 97.2 Å². The highest BCUT2D eigenvalue weighted by Crippen LogP contribution is 2.30. The maximum atomic E-state index is 13.9. The molecule has 0 radical (unpaired) electrons. The fourth-order valence-corrected chi connectivity index (χ4v) is 5.00. The summed E-state index contributed by atoms with van der Waals surface area (Å²) < 4.78 is 0. The second-order valence-corrected chi connectivity index (χ2v) is 9.66. The van der Waals surface area contributed by atoms with Crippen LogP contribution in [0.4, 0.5) is 11.4 Å². The van der Waals surface area contributed by atoms with Gasteiger partial charge in [-0.15, -0.1) is 0 Å². The highest BCUT2D eigenvalue weighted by atomic mass is 35.5. The van der Waals surface area contributed by atoms with E-state index in [1.54, 1.807) is 54.7 Å². The number of rotatable bonds is 7. The van der Waals surface area contributed by atoms with Gasteiger partial charge in [0.05, 0.1) is 16.8 Å². The van der Waals surface area contributed by atoms with Crippen molar-refractivity contribution < 1.29 is 9.59 Å². The van der Waals surface area contributed by atoms with Gasteiger partial charge in [-0.25, -0.2) is 0 Å². The number of hydrogen-bond donors (Lipinski definition) is 2. The maximum absolute atomic E-state index is 13.9. The topological polar surface area (TPSA) is 74.3 Å². The van der Waals surface area contributed by atoms with Gasteiger partial charge in [-0.2, -0.15) is 0 Å². The molecule has 4 aromatic rings. The Hall–Kier alpha value is -4.00. The number of nitrogens with one attached hydrogen (secondary N) is 2. The van der Waals surface area contributed by atoms with Crippen LogP contribution in [0.25, 0.3) is 0 Å². The Morgan fingerprint density at radius 2 is 1.68 bits per heavy atom. The van der Waals surface area contributed by atoms with E-state index in [2.05, 4.69) is 21.7 Å². The predicted molar refractivity (Wildman–Crippen MR) is 152 cm³/mol. The zero-order chi connectivity index (χ0) is 26.3. The second-order valence-electron chi connectivity index (χ2n) is 9.25. The zero-order valence-corrected chi connectivity index (χ0v) is 21.7. The summed E-state index contributed by atoms with van der Waals surface area (Å²) in [5.74, 6) is -0.382. The molecule has 0 fully saturated rings. The van der Waals surface area contributed by atoms with E-state index in [4.69, 9.17) is 11.6 Å². The van der Waals surface area contributed by atoms with Crippen molar-refractivity contribution in [3.05, 3.63) is 125 Å². The molecule has 7 heteroatoms. The van der Waals surface area contributed by atoms with Gasteiger partial charge in [-0.05, 0) is 79.4 Å². The fourth-order valence-electron chi connectivity index (χ4n) is 4.78. The highest BCUT2D eigenvalue weighted by molar-refractivity contribution is 6.34. The molecule has 2 N–H and O–H groups in total. The number of halogens is 1. The number of carbonyl (C=O) groups excluding carboxylic acids is 2. The monoisotopic (exact) mass is 524 g/mol. The van der Waals surface area contributed by atoms with Crippen molar-refractivity contribution in [1.82, 2.24) is 10.3 Å². The average molecular weight is 525 g/mol. The van der Waals surface area contributed by atoms with Gasteiger partial charge in [0, 0.05) is 41.8 Å². The van der Waals surface area contributed by atoms with Crippen molar-refractivity contribution in [3.8, 4) is 0 Å². The molecule has 0 spiro atoms. The van der Waals surface area contributed by atoms with Crippen molar-refractivity contribution in [3.63, 3.8) is 0 Å². The molecular formula is C31H29ClN4O2. The third kappa shape index (κ3) is 5.93. The average Bonchev–Trinajstić information content (AvgIpc) is 3.13. The van der Waals surface area contributed by atoms with Crippen molar-refractivity contribution in [2.45, 2.75) is 31.8 Å². The maximum Gasteiger partial charge on any atom is 0.259 e. The van der Waals surface area contributed by atoms with Crippen LogP contribution in [0.1, 0.15) is 44.8 Å². The number of hydrogen-bond acceptors (Lipinski definition) is 4. The van der Waals surface area contributed by atoms with Gasteiger partial charge in [-0.1, -0.05) is 48.0 Å². The summed E-state index contributed by atoms with van der Waals surface area (Å²) in [6.45, 7) is 0.709. The van der Waals surface area contributed by atoms with Crippen LogP contribution in [-0.2, 0) is 12.8 Å². The van der Waals surface area contributed by atoms with Crippen LogP contribution < -0.4 is 15.5 Å². The third-order valence-electron chi connectivity index (χ3n) is 6.70. The number of nitrogens with zero attached hydrogens (tertiary/aromatic N) is 2. The molecule has 1 aliphatic heterocycles. The lowest BCUT2D eigenvalue weighted by molar-refractivity contribution is 0.0970. The summed E-state index contributed by atoms with van der Waals surface area (Å²) in [6, 6.07) is 27.9. The molecule has 3 aromatic carbocycles. The van der Waals surface area contributed by atoms with Gasteiger partial charge in [-0.3, -0.25) is 24.8 Å². The molecule has 1 atom stereocenters. The Labute approximate surface area is 227 Å². The van der Waals surface area contributed by atoms with E-state index in [0.29, 0.717) is 28.4 Å². The van der Waals surface area contributed by atoms with Crippen LogP contribution in [0.2, 0.25) is 5.02 Å². The zero-order valence-electron chi connectivity index (χ0n) is 20.9. The molecule has 6 nitrogen and oxygen atoms in total. The Morgan fingerprint density at radius 1 is 0.921 bits per heavy atom. The van der Waals surface area contributed by atoms with E-state index < -0.39 is 0 Å². The number of anilines is 2. The molecule has 2 amide bonds. The molecule has 2 heterocycles. The Bertz CT molecular complexity index is 1410. The highest BCUT2D eigenvalue weighted by Gasteiger charge is 2.30. The van der Waals surface area contributed by atoms with E-state index in [0.717, 1.165) is 37.1 Å². The first-order chi connectivity index (χ1) is 18.6. The Balaban J connectivity index is 1.34. The van der Waals surface area contributed by atoms with Crippen molar-refractivity contribution in [2.75, 3.05) is 16.8 Å². The third-order valence-corrected chi connectivity index (χ3v) is 7.03. The summed E-state index contributed by atoms with van der Waals surface area (Å²) >= 11 is 6.16. The van der Waals surface area contributed by atoms with Gasteiger partial charge in [0.15, 0.2) is 0 Å². The molecule has 38 heavy (non-hydrogen) atoms. The first-order valence-corrected chi connectivity index (χ1v) is 13.2. The SMILES string of the molecule is O=C(Nc1ccc(C(=O)N2c3ccccc3CCCC2NCCc2ccccn2)cc1)c1ccccc1Cl.